The fourth-order valence-corrected chi connectivity index (χ4v) is 44.9. The van der Waals surface area contributed by atoms with Crippen LogP contribution in [0.25, 0.3) is 0 Å². The number of thioether (sulfide) groups is 4. The van der Waals surface area contributed by atoms with E-state index in [1.165, 1.54) is 324 Å². The molecule has 22 rings (SSSR count). The molecule has 16 bridgehead atoms. The number of benzene rings is 4. The predicted octanol–water partition coefficient (Wildman–Crippen LogP) is 37.3. The van der Waals surface area contributed by atoms with Gasteiger partial charge in [-0.05, 0) is 377 Å². The number of phenolic OH excluding ortho intramolecular Hbond substituents is 4. The second kappa shape index (κ2) is 37.4. The minimum Gasteiger partial charge on any atom is -0.507 e. The van der Waals surface area contributed by atoms with Crippen molar-refractivity contribution in [3.05, 3.63) is 115 Å². The van der Waals surface area contributed by atoms with Gasteiger partial charge in [-0.25, -0.2) is 0 Å². The summed E-state index contributed by atoms with van der Waals surface area (Å²) >= 11 is 8.77. The van der Waals surface area contributed by atoms with Gasteiger partial charge in [-0.2, -0.15) is 47.0 Å². The van der Waals surface area contributed by atoms with Crippen LogP contribution in [-0.2, 0) is 66.3 Å². The van der Waals surface area contributed by atoms with E-state index in [2.05, 4.69) is 276 Å². The number of hydrogen-bond acceptors (Lipinski definition) is 8. The molecule has 4 aromatic carbocycles. The van der Waals surface area contributed by atoms with Gasteiger partial charge < -0.3 is 20.4 Å². The average Bonchev–Trinajstić information content (AvgIpc) is 0.698. The lowest BCUT2D eigenvalue weighted by molar-refractivity contribution is -0.163. The van der Waals surface area contributed by atoms with Crippen LogP contribution in [-0.4, -0.2) is 41.4 Å². The molecule has 758 valence electrons. The van der Waals surface area contributed by atoms with E-state index < -0.39 is 0 Å². The molecule has 11 unspecified atom stereocenters. The summed E-state index contributed by atoms with van der Waals surface area (Å²) in [4.78, 5) is 0. The SMILES string of the molecule is CC(C)CC12CC3CC(CC(C)C)(C1)CC(c1cc(C(C)(C)C)cc(CSC4CCCCCC[C@@H]4SCc4cc(C(C)(C)CCC(C)(C)c5cc(CSC6CCCCCCC6SCc6cc(C(C)(C)C)cc(C78CC9CC(C(C)C)(C7)CC(C(C)C)(C9)C8)c6O)c(O)c(C67CC8CC(C(C)C)(C6)CC(C(C)C)(C8)C7)c5)cc(C56CC7CC(CC(C)C)(CC(CC(C)C)(C7)C5)C6)c4O)c1O)(C3)C2. The van der Waals surface area contributed by atoms with Crippen molar-refractivity contribution >= 4 is 47.0 Å². The maximum Gasteiger partial charge on any atom is 0.123 e. The molecule has 4 N–H and O–H groups in total. The lowest BCUT2D eigenvalue weighted by atomic mass is 9.35. The highest BCUT2D eigenvalue weighted by Crippen LogP contribution is 2.80. The standard InChI is InChI=1S/C128H198O4S4/c1-81(2)49-117-53-89-54-118(69-117,50-82(3)4)72-125(61-89,71-117)101-45-97(113(17,18)19)41-93(109(101)129)65-133-105-35-31-27-29-33-37-107(105)135-67-95-43-99(47-103(111(95)131)126-62-90-55-119(73-126,51-83(5)6)70-120(56-90,74-126)52-84(7)8)115(23,24)39-40-116(25,26)100-44-96(112(132)104(48-100)128-64-92-59-123(79-128,87(13)14)76-124(60-92,80-128)88(15)16)68-136-108-38-34-30-28-32-36-106(108)134-66-94-42-98(114(20,21)22)46-102(110(94)130)127-63-91-57-121(77-127,85(9)10)75-122(58-91,78-127)86(11)12/h41-48,81-92,105-108,129-132H,27-40,49-80H2,1-26H3/t89?,90?,91?,92?,105?,106?,107-,108?,117?,118?,119?,120?,121?,122?,123?,124?,125?,126?,127?,128?/m0/s1. The van der Waals surface area contributed by atoms with Crippen molar-refractivity contribution in [2.24, 2.45) is 114 Å². The highest BCUT2D eigenvalue weighted by Gasteiger charge is 2.70. The maximum absolute atomic E-state index is 14.1. The second-order valence-corrected chi connectivity index (χ2v) is 64.8. The molecule has 18 aliphatic rings. The molecular formula is C128H198O4S4. The third-order valence-electron chi connectivity index (χ3n) is 43.0. The van der Waals surface area contributed by atoms with Crippen LogP contribution in [0.3, 0.4) is 0 Å². The molecule has 8 heteroatoms. The molecular weight excluding hydrogens is 1730 g/mol. The number of phenols is 4. The Morgan fingerprint density at radius 3 is 0.713 bits per heavy atom. The summed E-state index contributed by atoms with van der Waals surface area (Å²) in [5.41, 5.74) is 17.7. The van der Waals surface area contributed by atoms with E-state index in [9.17, 15) is 20.4 Å². The summed E-state index contributed by atoms with van der Waals surface area (Å²) in [5, 5.41) is 56.6. The van der Waals surface area contributed by atoms with Crippen molar-refractivity contribution in [3.8, 4) is 23.0 Å². The highest BCUT2D eigenvalue weighted by atomic mass is 32.2. The van der Waals surface area contributed by atoms with Gasteiger partial charge in [0.15, 0.2) is 0 Å². The third kappa shape index (κ3) is 19.5. The van der Waals surface area contributed by atoms with E-state index in [1.54, 1.807) is 0 Å². The van der Waals surface area contributed by atoms with Crippen molar-refractivity contribution < 1.29 is 20.4 Å². The molecule has 0 aromatic heterocycles. The average molecular weight is 1930 g/mol. The van der Waals surface area contributed by atoms with Crippen LogP contribution in [0, 0.1) is 114 Å². The van der Waals surface area contributed by atoms with Gasteiger partial charge in [0.2, 0.25) is 0 Å². The van der Waals surface area contributed by atoms with Crippen molar-refractivity contribution in [3.63, 3.8) is 0 Å². The van der Waals surface area contributed by atoms with Gasteiger partial charge in [-0.1, -0.05) is 280 Å². The molecule has 0 amide bonds. The first-order valence-corrected chi connectivity index (χ1v) is 61.8. The fourth-order valence-electron chi connectivity index (χ4n) is 38.8. The van der Waals surface area contributed by atoms with Gasteiger partial charge in [-0.3, -0.25) is 0 Å². The molecule has 4 aromatic rings. The summed E-state index contributed by atoms with van der Waals surface area (Å²) in [6.45, 7) is 65.3. The molecule has 0 heterocycles. The van der Waals surface area contributed by atoms with E-state index in [-0.39, 0.29) is 54.1 Å². The smallest absolute Gasteiger partial charge is 0.123 e. The van der Waals surface area contributed by atoms with Gasteiger partial charge in [-0.15, -0.1) is 0 Å². The zero-order valence-electron chi connectivity index (χ0n) is 91.8. The summed E-state index contributed by atoms with van der Waals surface area (Å²) in [7, 11) is 0. The predicted molar refractivity (Wildman–Crippen MR) is 589 cm³/mol. The zero-order chi connectivity index (χ0) is 97.5. The Morgan fingerprint density at radius 1 is 0.265 bits per heavy atom. The van der Waals surface area contributed by atoms with Crippen LogP contribution in [0.4, 0.5) is 0 Å². The minimum absolute atomic E-state index is 0.0177. The summed E-state index contributed by atoms with van der Waals surface area (Å²) < 4.78 is 0. The lowest BCUT2D eigenvalue weighted by Crippen LogP contribution is -2.61. The third-order valence-corrected chi connectivity index (χ3v) is 49.2. The first kappa shape index (κ1) is 103. The van der Waals surface area contributed by atoms with Gasteiger partial charge in [0.1, 0.15) is 23.0 Å². The first-order chi connectivity index (χ1) is 63.7. The molecule has 18 fully saturated rings. The Bertz CT molecular complexity index is 4830. The fraction of sp³-hybridized carbons (Fsp3) is 0.812. The van der Waals surface area contributed by atoms with Crippen LogP contribution < -0.4 is 0 Å². The topological polar surface area (TPSA) is 80.9 Å². The van der Waals surface area contributed by atoms with Crippen molar-refractivity contribution in [2.75, 3.05) is 0 Å². The lowest BCUT2D eigenvalue weighted by Gasteiger charge is -2.69. The summed E-state index contributed by atoms with van der Waals surface area (Å²) in [6, 6.07) is 20.5. The van der Waals surface area contributed by atoms with E-state index >= 15 is 0 Å². The Kier molecular flexibility index (Phi) is 28.4. The van der Waals surface area contributed by atoms with Crippen molar-refractivity contribution in [1.82, 2.24) is 0 Å². The molecule has 0 aliphatic heterocycles. The van der Waals surface area contributed by atoms with E-state index in [0.29, 0.717) is 136 Å². The molecule has 136 heavy (non-hydrogen) atoms. The van der Waals surface area contributed by atoms with Crippen LogP contribution >= 0.6 is 47.0 Å². The number of rotatable bonds is 33. The Hall–Kier alpha value is -2.52. The maximum atomic E-state index is 14.1. The van der Waals surface area contributed by atoms with Crippen LogP contribution in [0.1, 0.15) is 516 Å². The summed E-state index contributed by atoms with van der Waals surface area (Å²) in [6.07, 6.45) is 53.5. The Labute approximate surface area is 850 Å². The van der Waals surface area contributed by atoms with E-state index in [1.807, 2.05) is 0 Å². The molecule has 0 saturated heterocycles. The van der Waals surface area contributed by atoms with Crippen LogP contribution in [0.15, 0.2) is 48.5 Å². The monoisotopic (exact) mass is 1930 g/mol. The van der Waals surface area contributed by atoms with Crippen molar-refractivity contribution in [2.45, 2.75) is 537 Å². The largest absolute Gasteiger partial charge is 0.507 e. The summed E-state index contributed by atoms with van der Waals surface area (Å²) in [5.74, 6) is 13.9. The van der Waals surface area contributed by atoms with Crippen molar-refractivity contribution in [1.29, 1.82) is 0 Å². The molecule has 0 spiro atoms. The normalized spacial score (nSPS) is 37.1. The highest BCUT2D eigenvalue weighted by molar-refractivity contribution is 8.03. The second-order valence-electron chi connectivity index (χ2n) is 59.9. The van der Waals surface area contributed by atoms with Gasteiger partial charge >= 0.3 is 0 Å². The Balaban J connectivity index is 0.670. The minimum atomic E-state index is -0.210. The first-order valence-electron chi connectivity index (χ1n) is 57.6. The van der Waals surface area contributed by atoms with Gasteiger partial charge in [0.05, 0.1) is 0 Å². The van der Waals surface area contributed by atoms with Crippen LogP contribution in [0.2, 0.25) is 0 Å². The molecule has 4 nitrogen and oxygen atoms in total. The molecule has 0 radical (unpaired) electrons. The number of aromatic hydroxyl groups is 4. The Morgan fingerprint density at radius 2 is 0.485 bits per heavy atom. The van der Waals surface area contributed by atoms with E-state index in [4.69, 9.17) is 0 Å². The van der Waals surface area contributed by atoms with Crippen LogP contribution in [0.5, 0.6) is 23.0 Å². The van der Waals surface area contributed by atoms with Gasteiger partial charge in [0, 0.05) is 110 Å². The quantitative estimate of drug-likeness (QED) is 0.0376. The zero-order valence-corrected chi connectivity index (χ0v) is 95.1. The molecule has 12 atom stereocenters. The number of hydrogen-bond donors (Lipinski definition) is 4. The van der Waals surface area contributed by atoms with E-state index in [0.717, 1.165) is 47.7 Å². The molecule has 18 saturated carbocycles. The van der Waals surface area contributed by atoms with Gasteiger partial charge in [0.25, 0.3) is 0 Å². The molecule has 18 aliphatic carbocycles.